The van der Waals surface area contributed by atoms with E-state index in [-0.39, 0.29) is 25.1 Å². The molecule has 19 heavy (non-hydrogen) atoms. The molecule has 0 saturated heterocycles. The van der Waals surface area contributed by atoms with Crippen LogP contribution >= 0.6 is 11.6 Å². The van der Waals surface area contributed by atoms with E-state index in [1.165, 1.54) is 0 Å². The molecule has 2 nitrogen and oxygen atoms in total. The highest BCUT2D eigenvalue weighted by Gasteiger charge is 2.71. The highest BCUT2D eigenvalue weighted by molar-refractivity contribution is 6.22. The fourth-order valence-corrected chi connectivity index (χ4v) is 1.51. The first kappa shape index (κ1) is 16.2. The number of H-pyrrole nitrogens is 1. The Labute approximate surface area is 109 Å². The molecule has 1 heterocycles. The monoisotopic (exact) mass is 309 g/mol. The number of aliphatic hydroxyl groups is 1. The van der Waals surface area contributed by atoms with Crippen molar-refractivity contribution in [3.8, 4) is 0 Å². The van der Waals surface area contributed by atoms with Gasteiger partial charge in [0.1, 0.15) is 0 Å². The number of aromatic nitrogens is 1. The number of hydrogen-bond donors (Lipinski definition) is 2. The molecule has 0 fully saturated rings. The summed E-state index contributed by atoms with van der Waals surface area (Å²) in [4.78, 5) is 2.26. The number of nitrogens with one attached hydrogen (secondary N) is 1. The lowest BCUT2D eigenvalue weighted by atomic mass is 10.0. The van der Waals surface area contributed by atoms with Crippen molar-refractivity contribution in [2.24, 2.45) is 0 Å². The summed E-state index contributed by atoms with van der Waals surface area (Å²) in [6, 6.07) is 0.645. The zero-order chi connectivity index (χ0) is 14.9. The van der Waals surface area contributed by atoms with Crippen LogP contribution in [0, 0.1) is 0 Å². The molecule has 0 bridgehead atoms. The molecule has 2 N–H and O–H groups in total. The summed E-state index contributed by atoms with van der Waals surface area (Å²) in [7, 11) is 0. The fourth-order valence-electron chi connectivity index (χ4n) is 1.40. The van der Waals surface area contributed by atoms with Crippen molar-refractivity contribution in [3.63, 3.8) is 0 Å². The zero-order valence-electron chi connectivity index (χ0n) is 9.37. The number of hydrogen-bond acceptors (Lipinski definition) is 1. The number of alkyl halides is 7. The maximum atomic E-state index is 13.4. The summed E-state index contributed by atoms with van der Waals surface area (Å²) < 4.78 is 77.5. The van der Waals surface area contributed by atoms with Crippen molar-refractivity contribution in [3.05, 3.63) is 23.5 Å². The molecular formula is C10H10ClF6NO. The van der Waals surface area contributed by atoms with Gasteiger partial charge in [-0.1, -0.05) is 0 Å². The van der Waals surface area contributed by atoms with Crippen LogP contribution in [0.4, 0.5) is 26.3 Å². The first-order valence-electron chi connectivity index (χ1n) is 5.15. The number of aromatic amines is 1. The average molecular weight is 310 g/mol. The predicted molar refractivity (Wildman–Crippen MR) is 55.8 cm³/mol. The van der Waals surface area contributed by atoms with E-state index < -0.39 is 22.8 Å². The molecule has 0 amide bonds. The maximum absolute atomic E-state index is 13.4. The molecule has 0 atom stereocenters. The van der Waals surface area contributed by atoms with E-state index in [4.69, 9.17) is 5.11 Å². The van der Waals surface area contributed by atoms with Gasteiger partial charge in [-0.25, -0.2) is 0 Å². The maximum Gasteiger partial charge on any atom is 0.390 e. The molecule has 1 aromatic heterocycles. The van der Waals surface area contributed by atoms with E-state index in [2.05, 4.69) is 16.6 Å². The number of aryl methyl sites for hydroxylation is 1. The van der Waals surface area contributed by atoms with Crippen LogP contribution in [0.3, 0.4) is 0 Å². The second-order valence-electron chi connectivity index (χ2n) is 3.89. The first-order chi connectivity index (χ1) is 8.54. The molecule has 0 spiro atoms. The highest BCUT2D eigenvalue weighted by atomic mass is 35.5. The zero-order valence-corrected chi connectivity index (χ0v) is 10.1. The topological polar surface area (TPSA) is 36.0 Å². The van der Waals surface area contributed by atoms with Gasteiger partial charge in [-0.05, 0) is 30.5 Å². The summed E-state index contributed by atoms with van der Waals surface area (Å²) in [5.41, 5.74) is -1.16. The second kappa shape index (κ2) is 5.24. The molecule has 0 aliphatic rings. The predicted octanol–water partition coefficient (Wildman–Crippen LogP) is 3.50. The minimum Gasteiger partial charge on any atom is -0.396 e. The minimum atomic E-state index is -5.72. The van der Waals surface area contributed by atoms with Gasteiger partial charge in [0.05, 0.1) is 0 Å². The van der Waals surface area contributed by atoms with E-state index in [1.54, 1.807) is 0 Å². The molecule has 0 aromatic carbocycles. The van der Waals surface area contributed by atoms with Crippen molar-refractivity contribution in [2.75, 3.05) is 6.61 Å². The molecule has 110 valence electrons. The fraction of sp³-hybridized carbons (Fsp3) is 0.600. The summed E-state index contributed by atoms with van der Waals surface area (Å²) in [5.74, 6) is -10.8. The van der Waals surface area contributed by atoms with Crippen LogP contribution in [0.25, 0.3) is 0 Å². The summed E-state index contributed by atoms with van der Waals surface area (Å²) in [6.45, 7) is -0.222. The van der Waals surface area contributed by atoms with Gasteiger partial charge in [-0.2, -0.15) is 26.3 Å². The van der Waals surface area contributed by atoms with E-state index in [0.717, 1.165) is 0 Å². The lowest BCUT2D eigenvalue weighted by Gasteiger charge is -2.28. The Hall–Kier alpha value is -0.890. The van der Waals surface area contributed by atoms with Gasteiger partial charge in [0, 0.05) is 24.1 Å². The van der Waals surface area contributed by atoms with Gasteiger partial charge in [-0.15, -0.1) is 0 Å². The van der Waals surface area contributed by atoms with Gasteiger partial charge >= 0.3 is 17.2 Å². The Morgan fingerprint density at radius 1 is 1.16 bits per heavy atom. The molecule has 0 aliphatic heterocycles. The third-order valence-corrected chi connectivity index (χ3v) is 2.70. The van der Waals surface area contributed by atoms with Crippen LogP contribution in [-0.2, 0) is 12.3 Å². The first-order valence-corrected chi connectivity index (χ1v) is 5.53. The quantitative estimate of drug-likeness (QED) is 0.612. The van der Waals surface area contributed by atoms with E-state index in [1.807, 2.05) is 0 Å². The molecule has 1 rings (SSSR count). The molecule has 0 saturated carbocycles. The van der Waals surface area contributed by atoms with Gasteiger partial charge in [0.2, 0.25) is 0 Å². The lowest BCUT2D eigenvalue weighted by Crippen LogP contribution is -2.49. The average Bonchev–Trinajstić information content (AvgIpc) is 2.73. The van der Waals surface area contributed by atoms with Crippen LogP contribution < -0.4 is 0 Å². The standard InChI is InChI=1S/C10H10ClF6NO/c11-10(16,17)9(14,15)8(12,13)6-4-7(18-5-6)2-1-3-19/h4-5,18-19H,1-3H2. The Morgan fingerprint density at radius 3 is 2.21 bits per heavy atom. The molecule has 0 radical (unpaired) electrons. The van der Waals surface area contributed by atoms with E-state index in [0.29, 0.717) is 12.3 Å². The number of aliphatic hydroxyl groups excluding tert-OH is 1. The summed E-state index contributed by atoms with van der Waals surface area (Å²) in [5, 5.41) is 3.16. The van der Waals surface area contributed by atoms with Crippen LogP contribution in [0.1, 0.15) is 17.7 Å². The smallest absolute Gasteiger partial charge is 0.390 e. The molecule has 9 heteroatoms. The van der Waals surface area contributed by atoms with Crippen LogP contribution in [0.15, 0.2) is 12.3 Å². The van der Waals surface area contributed by atoms with Gasteiger partial charge in [0.15, 0.2) is 0 Å². The largest absolute Gasteiger partial charge is 0.396 e. The number of halogens is 7. The number of rotatable bonds is 6. The van der Waals surface area contributed by atoms with Gasteiger partial charge in [0.25, 0.3) is 0 Å². The molecular weight excluding hydrogens is 300 g/mol. The van der Waals surface area contributed by atoms with Crippen molar-refractivity contribution < 1.29 is 31.4 Å². The molecule has 0 unspecified atom stereocenters. The third-order valence-electron chi connectivity index (χ3n) is 2.46. The minimum absolute atomic E-state index is 0.120. The normalized spacial score (nSPS) is 13.9. The van der Waals surface area contributed by atoms with Gasteiger partial charge in [-0.3, -0.25) is 0 Å². The van der Waals surface area contributed by atoms with Crippen molar-refractivity contribution in [2.45, 2.75) is 30.1 Å². The Bertz CT molecular complexity index is 428. The van der Waals surface area contributed by atoms with Crippen molar-refractivity contribution in [1.82, 2.24) is 4.98 Å². The van der Waals surface area contributed by atoms with Crippen LogP contribution in [0.2, 0.25) is 0 Å². The Morgan fingerprint density at radius 2 is 1.74 bits per heavy atom. The third kappa shape index (κ3) is 3.00. The highest BCUT2D eigenvalue weighted by Crippen LogP contribution is 2.52. The van der Waals surface area contributed by atoms with Gasteiger partial charge < -0.3 is 10.1 Å². The SMILES string of the molecule is OCCCc1cc(C(F)(F)C(F)(F)C(F)(F)Cl)c[nH]1. The van der Waals surface area contributed by atoms with Crippen LogP contribution in [0.5, 0.6) is 0 Å². The van der Waals surface area contributed by atoms with E-state index in [9.17, 15) is 26.3 Å². The summed E-state index contributed by atoms with van der Waals surface area (Å²) in [6.07, 6.45) is 0.853. The Kier molecular flexibility index (Phi) is 4.46. The molecule has 0 aliphatic carbocycles. The van der Waals surface area contributed by atoms with Crippen molar-refractivity contribution >= 4 is 11.6 Å². The van der Waals surface area contributed by atoms with Crippen LogP contribution in [-0.4, -0.2) is 28.0 Å². The molecule has 1 aromatic rings. The lowest BCUT2D eigenvalue weighted by molar-refractivity contribution is -0.286. The summed E-state index contributed by atoms with van der Waals surface area (Å²) >= 11 is 4.04. The Balaban J connectivity index is 3.03. The second-order valence-corrected chi connectivity index (χ2v) is 4.36. The van der Waals surface area contributed by atoms with Crippen molar-refractivity contribution in [1.29, 1.82) is 0 Å². The van der Waals surface area contributed by atoms with E-state index >= 15 is 0 Å².